The van der Waals surface area contributed by atoms with E-state index in [0.29, 0.717) is 12.5 Å². The molecule has 3 nitrogen and oxygen atoms in total. The Labute approximate surface area is 111 Å². The van der Waals surface area contributed by atoms with Gasteiger partial charge in [0.25, 0.3) is 0 Å². The maximum absolute atomic E-state index is 12.2. The topological polar surface area (TPSA) is 55.1 Å². The summed E-state index contributed by atoms with van der Waals surface area (Å²) in [6, 6.07) is 0.208. The summed E-state index contributed by atoms with van der Waals surface area (Å²) in [7, 11) is 0. The molecule has 2 aliphatic carbocycles. The van der Waals surface area contributed by atoms with E-state index in [9.17, 15) is 4.79 Å². The van der Waals surface area contributed by atoms with Crippen molar-refractivity contribution in [3.63, 3.8) is 0 Å². The summed E-state index contributed by atoms with van der Waals surface area (Å²) in [5.74, 6) is 1.10. The second-order valence-electron chi connectivity index (χ2n) is 6.51. The lowest BCUT2D eigenvalue weighted by atomic mass is 9.83. The predicted molar refractivity (Wildman–Crippen MR) is 74.1 cm³/mol. The minimum absolute atomic E-state index is 0.208. The van der Waals surface area contributed by atoms with E-state index in [4.69, 9.17) is 5.73 Å². The minimum atomic E-state index is 0.208. The van der Waals surface area contributed by atoms with Crippen LogP contribution < -0.4 is 11.1 Å². The van der Waals surface area contributed by atoms with Crippen LogP contribution in [-0.2, 0) is 4.79 Å². The summed E-state index contributed by atoms with van der Waals surface area (Å²) in [5, 5.41) is 3.22. The van der Waals surface area contributed by atoms with E-state index in [1.807, 2.05) is 0 Å². The lowest BCUT2D eigenvalue weighted by Gasteiger charge is -2.30. The number of nitrogens with one attached hydrogen (secondary N) is 1. The fourth-order valence-corrected chi connectivity index (χ4v) is 3.40. The van der Waals surface area contributed by atoms with E-state index in [-0.39, 0.29) is 23.3 Å². The molecule has 0 spiro atoms. The Hall–Kier alpha value is -0.570. The first kappa shape index (κ1) is 13.9. The average Bonchev–Trinajstić information content (AvgIpc) is 3.10. The summed E-state index contributed by atoms with van der Waals surface area (Å²) in [5.41, 5.74) is 6.12. The molecule has 1 amide bonds. The second kappa shape index (κ2) is 5.60. The fourth-order valence-electron chi connectivity index (χ4n) is 3.40. The van der Waals surface area contributed by atoms with Crippen LogP contribution in [0.25, 0.3) is 0 Å². The first-order valence-electron chi connectivity index (χ1n) is 7.61. The molecule has 2 aliphatic rings. The van der Waals surface area contributed by atoms with E-state index in [1.54, 1.807) is 0 Å². The van der Waals surface area contributed by atoms with Gasteiger partial charge in [-0.1, -0.05) is 33.1 Å². The molecule has 3 atom stereocenters. The first-order chi connectivity index (χ1) is 8.60. The molecule has 2 fully saturated rings. The third-order valence-electron chi connectivity index (χ3n) is 5.28. The van der Waals surface area contributed by atoms with Crippen molar-refractivity contribution in [2.75, 3.05) is 6.54 Å². The van der Waals surface area contributed by atoms with Crippen LogP contribution in [0.4, 0.5) is 0 Å². The molecule has 0 aliphatic heterocycles. The largest absolute Gasteiger partial charge is 0.352 e. The minimum Gasteiger partial charge on any atom is -0.352 e. The van der Waals surface area contributed by atoms with Gasteiger partial charge in [0.15, 0.2) is 0 Å². The lowest BCUT2D eigenvalue weighted by molar-refractivity contribution is -0.124. The summed E-state index contributed by atoms with van der Waals surface area (Å²) < 4.78 is 0. The molecule has 3 unspecified atom stereocenters. The van der Waals surface area contributed by atoms with Gasteiger partial charge in [-0.25, -0.2) is 0 Å². The van der Waals surface area contributed by atoms with Gasteiger partial charge >= 0.3 is 0 Å². The molecule has 0 bridgehead atoms. The van der Waals surface area contributed by atoms with Gasteiger partial charge in [0.2, 0.25) is 5.91 Å². The van der Waals surface area contributed by atoms with Crippen LogP contribution >= 0.6 is 0 Å². The van der Waals surface area contributed by atoms with Crippen molar-refractivity contribution in [2.24, 2.45) is 23.0 Å². The van der Waals surface area contributed by atoms with Crippen molar-refractivity contribution >= 4 is 5.91 Å². The molecule has 18 heavy (non-hydrogen) atoms. The van der Waals surface area contributed by atoms with Gasteiger partial charge in [-0.2, -0.15) is 0 Å². The number of rotatable bonds is 5. The van der Waals surface area contributed by atoms with Crippen molar-refractivity contribution in [1.82, 2.24) is 5.32 Å². The summed E-state index contributed by atoms with van der Waals surface area (Å²) >= 11 is 0. The molecule has 0 aromatic carbocycles. The monoisotopic (exact) mass is 252 g/mol. The van der Waals surface area contributed by atoms with Crippen LogP contribution in [0.1, 0.15) is 58.8 Å². The van der Waals surface area contributed by atoms with Crippen molar-refractivity contribution in [3.8, 4) is 0 Å². The second-order valence-corrected chi connectivity index (χ2v) is 6.51. The molecule has 2 rings (SSSR count). The van der Waals surface area contributed by atoms with Gasteiger partial charge in [-0.05, 0) is 37.0 Å². The maximum atomic E-state index is 12.2. The Bertz CT molecular complexity index is 299. The average molecular weight is 252 g/mol. The van der Waals surface area contributed by atoms with Crippen LogP contribution in [0.5, 0.6) is 0 Å². The van der Waals surface area contributed by atoms with Crippen LogP contribution in [0.15, 0.2) is 0 Å². The number of hydrogen-bond donors (Lipinski definition) is 2. The highest BCUT2D eigenvalue weighted by atomic mass is 16.2. The Kier molecular flexibility index (Phi) is 4.31. The number of nitrogens with two attached hydrogens (primary N) is 1. The summed E-state index contributed by atoms with van der Waals surface area (Å²) in [6.07, 6.45) is 8.56. The zero-order chi connectivity index (χ0) is 13.2. The zero-order valence-electron chi connectivity index (χ0n) is 11.9. The number of carbonyl (C=O) groups is 1. The molecule has 2 saturated carbocycles. The fraction of sp³-hybridized carbons (Fsp3) is 0.933. The lowest BCUT2D eigenvalue weighted by Crippen LogP contribution is -2.46. The summed E-state index contributed by atoms with van der Waals surface area (Å²) in [6.45, 7) is 4.98. The molecule has 0 aromatic rings. The number of amides is 1. The van der Waals surface area contributed by atoms with E-state index in [0.717, 1.165) is 12.8 Å². The molecule has 0 saturated heterocycles. The quantitative estimate of drug-likeness (QED) is 0.789. The Morgan fingerprint density at radius 1 is 1.39 bits per heavy atom. The highest BCUT2D eigenvalue weighted by Gasteiger charge is 2.53. The van der Waals surface area contributed by atoms with Crippen molar-refractivity contribution in [1.29, 1.82) is 0 Å². The van der Waals surface area contributed by atoms with Crippen LogP contribution in [0.3, 0.4) is 0 Å². The zero-order valence-corrected chi connectivity index (χ0v) is 11.9. The molecular weight excluding hydrogens is 224 g/mol. The van der Waals surface area contributed by atoms with Gasteiger partial charge in [0.1, 0.15) is 0 Å². The Morgan fingerprint density at radius 2 is 2.06 bits per heavy atom. The maximum Gasteiger partial charge on any atom is 0.223 e. The van der Waals surface area contributed by atoms with E-state index >= 15 is 0 Å². The third-order valence-corrected chi connectivity index (χ3v) is 5.28. The predicted octanol–water partition coefficient (Wildman–Crippen LogP) is 2.45. The summed E-state index contributed by atoms with van der Waals surface area (Å²) in [4.78, 5) is 12.2. The molecule has 0 aromatic heterocycles. The number of hydrogen-bond acceptors (Lipinski definition) is 2. The SMILES string of the molecule is CCC1(C)CC1C(=O)NC(CN)C1CCCCC1. The van der Waals surface area contributed by atoms with E-state index in [1.165, 1.54) is 32.1 Å². The third kappa shape index (κ3) is 2.87. The highest BCUT2D eigenvalue weighted by molar-refractivity contribution is 5.82. The smallest absolute Gasteiger partial charge is 0.223 e. The van der Waals surface area contributed by atoms with Gasteiger partial charge in [-0.3, -0.25) is 4.79 Å². The number of carbonyl (C=O) groups excluding carboxylic acids is 1. The molecule has 3 heteroatoms. The Balaban J connectivity index is 1.85. The van der Waals surface area contributed by atoms with Gasteiger partial charge in [-0.15, -0.1) is 0 Å². The molecule has 3 N–H and O–H groups in total. The van der Waals surface area contributed by atoms with Crippen molar-refractivity contribution in [2.45, 2.75) is 64.8 Å². The van der Waals surface area contributed by atoms with E-state index in [2.05, 4.69) is 19.2 Å². The molecule has 0 heterocycles. The van der Waals surface area contributed by atoms with Crippen LogP contribution in [-0.4, -0.2) is 18.5 Å². The normalized spacial score (nSPS) is 34.1. The van der Waals surface area contributed by atoms with Crippen molar-refractivity contribution < 1.29 is 4.79 Å². The first-order valence-corrected chi connectivity index (χ1v) is 7.61. The van der Waals surface area contributed by atoms with Crippen molar-refractivity contribution in [3.05, 3.63) is 0 Å². The van der Waals surface area contributed by atoms with E-state index < -0.39 is 0 Å². The van der Waals surface area contributed by atoms with Gasteiger partial charge in [0.05, 0.1) is 0 Å². The molecule has 0 radical (unpaired) electrons. The molecule has 104 valence electrons. The van der Waals surface area contributed by atoms with Crippen LogP contribution in [0, 0.1) is 17.3 Å². The van der Waals surface area contributed by atoms with Gasteiger partial charge in [0, 0.05) is 18.5 Å². The highest BCUT2D eigenvalue weighted by Crippen LogP contribution is 2.54. The Morgan fingerprint density at radius 3 is 2.56 bits per heavy atom. The van der Waals surface area contributed by atoms with Gasteiger partial charge < -0.3 is 11.1 Å². The molecular formula is C15H28N2O. The standard InChI is InChI=1S/C15H28N2O/c1-3-15(2)9-12(15)14(18)17-13(10-16)11-7-5-4-6-8-11/h11-13H,3-10,16H2,1-2H3,(H,17,18). The van der Waals surface area contributed by atoms with Crippen LogP contribution in [0.2, 0.25) is 0 Å².